The highest BCUT2D eigenvalue weighted by Crippen LogP contribution is 2.11. The number of aliphatic hydroxyl groups excluding tert-OH is 1. The maximum atomic E-state index is 11.8. The van der Waals surface area contributed by atoms with Crippen LogP contribution in [0.15, 0.2) is 24.3 Å². The van der Waals surface area contributed by atoms with E-state index in [2.05, 4.69) is 10.6 Å². The Morgan fingerprint density at radius 2 is 1.95 bits per heavy atom. The van der Waals surface area contributed by atoms with Crippen LogP contribution in [0.1, 0.15) is 25.8 Å². The van der Waals surface area contributed by atoms with Gasteiger partial charge in [0.2, 0.25) is 0 Å². The summed E-state index contributed by atoms with van der Waals surface area (Å²) in [6.07, 6.45) is 0.503. The van der Waals surface area contributed by atoms with E-state index >= 15 is 0 Å². The molecule has 0 bridgehead atoms. The van der Waals surface area contributed by atoms with Gasteiger partial charge in [-0.3, -0.25) is 10.1 Å². The SMILES string of the molecule is CC(C)C(CCO)NC(=O)NCc1ccc([N+](=O)[O-])cc1. The predicted octanol–water partition coefficient (Wildman–Crippen LogP) is 1.80. The molecule has 7 nitrogen and oxygen atoms in total. The van der Waals surface area contributed by atoms with Gasteiger partial charge in [0.25, 0.3) is 5.69 Å². The van der Waals surface area contributed by atoms with Crippen molar-refractivity contribution in [2.45, 2.75) is 32.9 Å². The summed E-state index contributed by atoms with van der Waals surface area (Å²) in [7, 11) is 0. The number of hydrogen-bond acceptors (Lipinski definition) is 4. The van der Waals surface area contributed by atoms with Gasteiger partial charge >= 0.3 is 6.03 Å². The molecule has 0 aromatic heterocycles. The Labute approximate surface area is 123 Å². The van der Waals surface area contributed by atoms with Crippen molar-refractivity contribution in [3.63, 3.8) is 0 Å². The second-order valence-electron chi connectivity index (χ2n) is 5.11. The molecule has 0 radical (unpaired) electrons. The average molecular weight is 295 g/mol. The molecule has 0 aliphatic carbocycles. The summed E-state index contributed by atoms with van der Waals surface area (Å²) in [5, 5.41) is 25.0. The minimum Gasteiger partial charge on any atom is -0.396 e. The molecule has 0 fully saturated rings. The number of urea groups is 1. The van der Waals surface area contributed by atoms with Crippen LogP contribution < -0.4 is 10.6 Å². The van der Waals surface area contributed by atoms with Crippen molar-refractivity contribution in [3.05, 3.63) is 39.9 Å². The second kappa shape index (κ2) is 8.21. The molecule has 7 heteroatoms. The van der Waals surface area contributed by atoms with E-state index in [1.54, 1.807) is 12.1 Å². The maximum Gasteiger partial charge on any atom is 0.315 e. The van der Waals surface area contributed by atoms with Crippen LogP contribution in [-0.2, 0) is 6.54 Å². The van der Waals surface area contributed by atoms with Crippen molar-refractivity contribution in [2.24, 2.45) is 5.92 Å². The number of nitrogens with zero attached hydrogens (tertiary/aromatic N) is 1. The lowest BCUT2D eigenvalue weighted by molar-refractivity contribution is -0.384. The summed E-state index contributed by atoms with van der Waals surface area (Å²) in [4.78, 5) is 21.8. The third kappa shape index (κ3) is 5.78. The van der Waals surface area contributed by atoms with Crippen LogP contribution in [0.25, 0.3) is 0 Å². The molecule has 0 saturated heterocycles. The number of hydrogen-bond donors (Lipinski definition) is 3. The molecule has 0 aliphatic heterocycles. The largest absolute Gasteiger partial charge is 0.396 e. The lowest BCUT2D eigenvalue weighted by Gasteiger charge is -2.21. The van der Waals surface area contributed by atoms with Crippen LogP contribution in [0.2, 0.25) is 0 Å². The first-order chi connectivity index (χ1) is 9.93. The molecule has 116 valence electrons. The van der Waals surface area contributed by atoms with Gasteiger partial charge in [-0.05, 0) is 17.9 Å². The molecule has 1 unspecified atom stereocenters. The molecule has 3 N–H and O–H groups in total. The number of rotatable bonds is 7. The molecule has 21 heavy (non-hydrogen) atoms. The number of benzene rings is 1. The van der Waals surface area contributed by atoms with Gasteiger partial charge in [0.1, 0.15) is 0 Å². The highest BCUT2D eigenvalue weighted by Gasteiger charge is 2.15. The van der Waals surface area contributed by atoms with Crippen LogP contribution in [0.5, 0.6) is 0 Å². The summed E-state index contributed by atoms with van der Waals surface area (Å²) in [5.74, 6) is 0.224. The predicted molar refractivity (Wildman–Crippen MR) is 78.8 cm³/mol. The van der Waals surface area contributed by atoms with E-state index < -0.39 is 4.92 Å². The van der Waals surface area contributed by atoms with Crippen LogP contribution >= 0.6 is 0 Å². The molecule has 0 heterocycles. The number of nitrogens with one attached hydrogen (secondary N) is 2. The zero-order chi connectivity index (χ0) is 15.8. The van der Waals surface area contributed by atoms with Crippen molar-refractivity contribution in [1.29, 1.82) is 0 Å². The van der Waals surface area contributed by atoms with Crippen molar-refractivity contribution < 1.29 is 14.8 Å². The van der Waals surface area contributed by atoms with Crippen molar-refractivity contribution in [3.8, 4) is 0 Å². The molecule has 1 aromatic carbocycles. The third-order valence-electron chi connectivity index (χ3n) is 3.16. The van der Waals surface area contributed by atoms with Gasteiger partial charge in [0.15, 0.2) is 0 Å². The summed E-state index contributed by atoms with van der Waals surface area (Å²) in [6, 6.07) is 5.60. The van der Waals surface area contributed by atoms with E-state index in [0.717, 1.165) is 5.56 Å². The standard InChI is InChI=1S/C14H21N3O4/c1-10(2)13(7-8-18)16-14(19)15-9-11-3-5-12(6-4-11)17(20)21/h3-6,10,13,18H,7-9H2,1-2H3,(H2,15,16,19). The Morgan fingerprint density at radius 1 is 1.33 bits per heavy atom. The van der Waals surface area contributed by atoms with Gasteiger partial charge in [-0.1, -0.05) is 26.0 Å². The van der Waals surface area contributed by atoms with Gasteiger partial charge in [0, 0.05) is 31.3 Å². The normalized spacial score (nSPS) is 12.0. The second-order valence-corrected chi connectivity index (χ2v) is 5.11. The number of nitro benzene ring substituents is 1. The van der Waals surface area contributed by atoms with E-state index in [1.165, 1.54) is 12.1 Å². The van der Waals surface area contributed by atoms with Crippen molar-refractivity contribution >= 4 is 11.7 Å². The fraction of sp³-hybridized carbons (Fsp3) is 0.500. The zero-order valence-corrected chi connectivity index (χ0v) is 12.2. The number of carbonyl (C=O) groups is 1. The molecule has 2 amide bonds. The minimum absolute atomic E-state index is 0.0193. The molecule has 1 aromatic rings. The number of nitro groups is 1. The average Bonchev–Trinajstić information content (AvgIpc) is 2.45. The highest BCUT2D eigenvalue weighted by molar-refractivity contribution is 5.74. The van der Waals surface area contributed by atoms with E-state index in [0.29, 0.717) is 6.42 Å². The lowest BCUT2D eigenvalue weighted by atomic mass is 10.0. The topological polar surface area (TPSA) is 104 Å². The maximum absolute atomic E-state index is 11.8. The van der Waals surface area contributed by atoms with Gasteiger partial charge in [0.05, 0.1) is 4.92 Å². The van der Waals surface area contributed by atoms with Crippen LogP contribution in [0, 0.1) is 16.0 Å². The number of carbonyl (C=O) groups excluding carboxylic acids is 1. The number of non-ortho nitro benzene ring substituents is 1. The van der Waals surface area contributed by atoms with Crippen LogP contribution in [0.3, 0.4) is 0 Å². The number of amides is 2. The van der Waals surface area contributed by atoms with Gasteiger partial charge in [-0.25, -0.2) is 4.79 Å². The molecule has 1 rings (SSSR count). The summed E-state index contributed by atoms with van der Waals surface area (Å²) in [5.41, 5.74) is 0.796. The molecular formula is C14H21N3O4. The zero-order valence-electron chi connectivity index (χ0n) is 12.2. The minimum atomic E-state index is -0.466. The van der Waals surface area contributed by atoms with E-state index in [-0.39, 0.29) is 36.8 Å². The van der Waals surface area contributed by atoms with E-state index in [9.17, 15) is 14.9 Å². The molecule has 0 spiro atoms. The number of aliphatic hydroxyl groups is 1. The Balaban J connectivity index is 2.46. The Hall–Kier alpha value is -2.15. The van der Waals surface area contributed by atoms with Crippen molar-refractivity contribution in [2.75, 3.05) is 6.61 Å². The van der Waals surface area contributed by atoms with Crippen molar-refractivity contribution in [1.82, 2.24) is 10.6 Å². The lowest BCUT2D eigenvalue weighted by Crippen LogP contribution is -2.44. The molecule has 0 aliphatic rings. The summed E-state index contributed by atoms with van der Waals surface area (Å²) in [6.45, 7) is 4.24. The fourth-order valence-electron chi connectivity index (χ4n) is 1.85. The summed E-state index contributed by atoms with van der Waals surface area (Å²) >= 11 is 0. The highest BCUT2D eigenvalue weighted by atomic mass is 16.6. The van der Waals surface area contributed by atoms with Crippen LogP contribution in [-0.4, -0.2) is 28.7 Å². The van der Waals surface area contributed by atoms with Gasteiger partial charge < -0.3 is 15.7 Å². The monoisotopic (exact) mass is 295 g/mol. The first-order valence-corrected chi connectivity index (χ1v) is 6.82. The molecular weight excluding hydrogens is 274 g/mol. The van der Waals surface area contributed by atoms with E-state index in [4.69, 9.17) is 5.11 Å². The Bertz CT molecular complexity index is 474. The molecule has 0 saturated carbocycles. The van der Waals surface area contributed by atoms with Gasteiger partial charge in [-0.2, -0.15) is 0 Å². The first kappa shape index (κ1) is 16.9. The Kier molecular flexibility index (Phi) is 6.61. The van der Waals surface area contributed by atoms with Gasteiger partial charge in [-0.15, -0.1) is 0 Å². The molecule has 1 atom stereocenters. The summed E-state index contributed by atoms with van der Waals surface area (Å²) < 4.78 is 0. The quantitative estimate of drug-likeness (QED) is 0.527. The fourth-order valence-corrected chi connectivity index (χ4v) is 1.85. The van der Waals surface area contributed by atoms with E-state index in [1.807, 2.05) is 13.8 Å². The smallest absolute Gasteiger partial charge is 0.315 e. The van der Waals surface area contributed by atoms with Crippen LogP contribution in [0.4, 0.5) is 10.5 Å². The third-order valence-corrected chi connectivity index (χ3v) is 3.16. The first-order valence-electron chi connectivity index (χ1n) is 6.82. The Morgan fingerprint density at radius 3 is 2.43 bits per heavy atom.